The maximum absolute atomic E-state index is 5.84. The van der Waals surface area contributed by atoms with Crippen LogP contribution in [0, 0.1) is 5.92 Å². The molecule has 0 aliphatic heterocycles. The van der Waals surface area contributed by atoms with E-state index in [1.807, 2.05) is 0 Å². The number of nitrogens with one attached hydrogen (secondary N) is 1. The smallest absolute Gasteiger partial charge is 0.0444 e. The maximum atomic E-state index is 5.84. The largest absolute Gasteiger partial charge is 0.329 e. The molecule has 2 rings (SSSR count). The van der Waals surface area contributed by atoms with Crippen LogP contribution in [0.5, 0.6) is 0 Å². The molecule has 0 amide bonds. The van der Waals surface area contributed by atoms with E-state index in [4.69, 9.17) is 5.73 Å². The van der Waals surface area contributed by atoms with Crippen LogP contribution >= 0.6 is 11.8 Å². The van der Waals surface area contributed by atoms with Crippen LogP contribution < -0.4 is 11.1 Å². The fraction of sp³-hybridized carbons (Fsp3) is 0.571. The van der Waals surface area contributed by atoms with Gasteiger partial charge < -0.3 is 11.1 Å². The van der Waals surface area contributed by atoms with E-state index in [9.17, 15) is 0 Å². The highest BCUT2D eigenvalue weighted by Gasteiger charge is 2.20. The lowest BCUT2D eigenvalue weighted by molar-refractivity contribution is 0.516. The topological polar surface area (TPSA) is 38.0 Å². The van der Waals surface area contributed by atoms with Gasteiger partial charge in [-0.15, -0.1) is 11.8 Å². The average molecular weight is 250 g/mol. The first-order chi connectivity index (χ1) is 8.33. The molecule has 0 radical (unpaired) electrons. The molecule has 0 spiro atoms. The second kappa shape index (κ2) is 6.43. The van der Waals surface area contributed by atoms with Crippen molar-refractivity contribution >= 4 is 11.8 Å². The predicted octanol–water partition coefficient (Wildman–Crippen LogP) is 2.80. The first-order valence-electron chi connectivity index (χ1n) is 6.41. The van der Waals surface area contributed by atoms with Gasteiger partial charge in [-0.3, -0.25) is 0 Å². The molecule has 1 aromatic rings. The Hall–Kier alpha value is -0.510. The molecule has 1 saturated carbocycles. The van der Waals surface area contributed by atoms with Crippen LogP contribution in [0.15, 0.2) is 29.2 Å². The molecule has 3 N–H and O–H groups in total. The van der Waals surface area contributed by atoms with E-state index >= 15 is 0 Å². The number of hydrogen-bond acceptors (Lipinski definition) is 3. The Morgan fingerprint density at radius 2 is 2.06 bits per heavy atom. The molecular formula is C14H22N2S. The van der Waals surface area contributed by atoms with Crippen molar-refractivity contribution in [2.75, 3.05) is 19.3 Å². The zero-order chi connectivity index (χ0) is 12.1. The monoisotopic (exact) mass is 250 g/mol. The van der Waals surface area contributed by atoms with Gasteiger partial charge >= 0.3 is 0 Å². The summed E-state index contributed by atoms with van der Waals surface area (Å²) in [7, 11) is 0. The SMILES string of the molecule is CSc1ccc(C(CN)NCCC2CC2)cc1. The number of thioether (sulfide) groups is 1. The molecular weight excluding hydrogens is 228 g/mol. The van der Waals surface area contributed by atoms with E-state index in [-0.39, 0.29) is 0 Å². The fourth-order valence-electron chi connectivity index (χ4n) is 2.04. The van der Waals surface area contributed by atoms with Gasteiger partial charge in [0.05, 0.1) is 0 Å². The molecule has 94 valence electrons. The second-order valence-electron chi connectivity index (χ2n) is 4.75. The summed E-state index contributed by atoms with van der Waals surface area (Å²) in [5.41, 5.74) is 7.15. The number of hydrogen-bond donors (Lipinski definition) is 2. The quantitative estimate of drug-likeness (QED) is 0.731. The van der Waals surface area contributed by atoms with E-state index in [1.165, 1.54) is 29.7 Å². The lowest BCUT2D eigenvalue weighted by Crippen LogP contribution is -2.29. The first kappa shape index (κ1) is 12.9. The molecule has 17 heavy (non-hydrogen) atoms. The van der Waals surface area contributed by atoms with Crippen molar-refractivity contribution in [3.05, 3.63) is 29.8 Å². The molecule has 3 heteroatoms. The zero-order valence-electron chi connectivity index (χ0n) is 10.5. The summed E-state index contributed by atoms with van der Waals surface area (Å²) in [4.78, 5) is 1.31. The Kier molecular flexibility index (Phi) is 4.89. The highest BCUT2D eigenvalue weighted by atomic mass is 32.2. The second-order valence-corrected chi connectivity index (χ2v) is 5.63. The molecule has 1 aliphatic carbocycles. The minimum atomic E-state index is 0.310. The summed E-state index contributed by atoms with van der Waals surface area (Å²) >= 11 is 1.78. The molecule has 0 heterocycles. The molecule has 0 aromatic heterocycles. The molecule has 2 nitrogen and oxygen atoms in total. The highest BCUT2D eigenvalue weighted by molar-refractivity contribution is 7.98. The maximum Gasteiger partial charge on any atom is 0.0444 e. The third-order valence-corrected chi connectivity index (χ3v) is 4.14. The summed E-state index contributed by atoms with van der Waals surface area (Å²) < 4.78 is 0. The molecule has 0 saturated heterocycles. The summed E-state index contributed by atoms with van der Waals surface area (Å²) in [5, 5.41) is 3.56. The number of nitrogens with two attached hydrogens (primary N) is 1. The number of benzene rings is 1. The average Bonchev–Trinajstić information content (AvgIpc) is 3.19. The lowest BCUT2D eigenvalue weighted by atomic mass is 10.1. The van der Waals surface area contributed by atoms with E-state index in [1.54, 1.807) is 11.8 Å². The Balaban J connectivity index is 1.85. The van der Waals surface area contributed by atoms with Gasteiger partial charge in [0.2, 0.25) is 0 Å². The van der Waals surface area contributed by atoms with E-state index < -0.39 is 0 Å². The predicted molar refractivity (Wildman–Crippen MR) is 75.4 cm³/mol. The van der Waals surface area contributed by atoms with Gasteiger partial charge in [0.15, 0.2) is 0 Å². The van der Waals surface area contributed by atoms with Crippen LogP contribution in [0.1, 0.15) is 30.9 Å². The van der Waals surface area contributed by atoms with Crippen LogP contribution in [0.2, 0.25) is 0 Å². The van der Waals surface area contributed by atoms with Crippen molar-refractivity contribution in [1.29, 1.82) is 0 Å². The highest BCUT2D eigenvalue weighted by Crippen LogP contribution is 2.32. The van der Waals surface area contributed by atoms with Crippen molar-refractivity contribution in [3.63, 3.8) is 0 Å². The van der Waals surface area contributed by atoms with Crippen LogP contribution in [0.25, 0.3) is 0 Å². The minimum Gasteiger partial charge on any atom is -0.329 e. The van der Waals surface area contributed by atoms with Crippen LogP contribution in [0.4, 0.5) is 0 Å². The Labute approximate surface area is 108 Å². The van der Waals surface area contributed by atoms with E-state index in [2.05, 4.69) is 35.8 Å². The van der Waals surface area contributed by atoms with E-state index in [0.717, 1.165) is 12.5 Å². The first-order valence-corrected chi connectivity index (χ1v) is 7.63. The van der Waals surface area contributed by atoms with Crippen LogP contribution in [0.3, 0.4) is 0 Å². The van der Waals surface area contributed by atoms with Crippen molar-refractivity contribution in [3.8, 4) is 0 Å². The van der Waals surface area contributed by atoms with Gasteiger partial charge in [-0.05, 0) is 42.8 Å². The Bertz CT molecular complexity index is 333. The lowest BCUT2D eigenvalue weighted by Gasteiger charge is -2.17. The normalized spacial score (nSPS) is 17.1. The third kappa shape index (κ3) is 4.02. The molecule has 1 aliphatic rings. The Morgan fingerprint density at radius 1 is 1.35 bits per heavy atom. The summed E-state index contributed by atoms with van der Waals surface area (Å²) in [6.45, 7) is 1.76. The van der Waals surface area contributed by atoms with Gasteiger partial charge in [-0.25, -0.2) is 0 Å². The van der Waals surface area contributed by atoms with Gasteiger partial charge in [0.1, 0.15) is 0 Å². The summed E-state index contributed by atoms with van der Waals surface area (Å²) in [6.07, 6.45) is 6.26. The van der Waals surface area contributed by atoms with Gasteiger partial charge in [0.25, 0.3) is 0 Å². The van der Waals surface area contributed by atoms with Crippen LogP contribution in [-0.2, 0) is 0 Å². The van der Waals surface area contributed by atoms with Gasteiger partial charge in [0, 0.05) is 17.5 Å². The number of rotatable bonds is 7. The zero-order valence-corrected chi connectivity index (χ0v) is 11.3. The third-order valence-electron chi connectivity index (χ3n) is 3.39. The minimum absolute atomic E-state index is 0.310. The van der Waals surface area contributed by atoms with Crippen molar-refractivity contribution in [1.82, 2.24) is 5.32 Å². The van der Waals surface area contributed by atoms with Crippen molar-refractivity contribution < 1.29 is 0 Å². The molecule has 1 fully saturated rings. The van der Waals surface area contributed by atoms with Gasteiger partial charge in [-0.1, -0.05) is 25.0 Å². The standard InChI is InChI=1S/C14H22N2S/c1-17-13-6-4-12(5-7-13)14(10-15)16-9-8-11-2-3-11/h4-7,11,14,16H,2-3,8-10,15H2,1H3. The van der Waals surface area contributed by atoms with Gasteiger partial charge in [-0.2, -0.15) is 0 Å². The molecule has 0 bridgehead atoms. The van der Waals surface area contributed by atoms with Crippen molar-refractivity contribution in [2.45, 2.75) is 30.2 Å². The summed E-state index contributed by atoms with van der Waals surface area (Å²) in [5.74, 6) is 0.986. The Morgan fingerprint density at radius 3 is 2.59 bits per heavy atom. The summed E-state index contributed by atoms with van der Waals surface area (Å²) in [6, 6.07) is 9.03. The molecule has 1 aromatic carbocycles. The molecule has 1 unspecified atom stereocenters. The van der Waals surface area contributed by atoms with Crippen molar-refractivity contribution in [2.24, 2.45) is 11.7 Å². The molecule has 1 atom stereocenters. The fourth-order valence-corrected chi connectivity index (χ4v) is 2.45. The van der Waals surface area contributed by atoms with E-state index in [0.29, 0.717) is 12.6 Å². The van der Waals surface area contributed by atoms with Crippen LogP contribution in [-0.4, -0.2) is 19.3 Å².